The van der Waals surface area contributed by atoms with Gasteiger partial charge in [-0.1, -0.05) is 29.3 Å². The molecule has 2 aliphatic rings. The molecule has 2 aliphatic heterocycles. The summed E-state index contributed by atoms with van der Waals surface area (Å²) < 4.78 is 7.70. The van der Waals surface area contributed by atoms with Gasteiger partial charge in [-0.25, -0.2) is 4.68 Å². The zero-order chi connectivity index (χ0) is 26.2. The van der Waals surface area contributed by atoms with Crippen molar-refractivity contribution in [2.75, 3.05) is 37.7 Å². The summed E-state index contributed by atoms with van der Waals surface area (Å²) in [6.07, 6.45) is 2.11. The van der Waals surface area contributed by atoms with Crippen LogP contribution in [0.4, 0.5) is 5.69 Å². The average molecular weight is 534 g/mol. The standard InChI is InChI=1S/C28H32ClN7O2/c1-18-5-8-24-20(14-18)15-23(28(37)30-24)26(27-31-32-33-36(27)17-22-4-3-13-38-22)35-11-9-34(10-12-35)25-16-21(29)7-6-19(25)2/h5-8,14-16,22,26H,3-4,9-13,17H2,1-2H3,(H,30,37)/t22-,26-/m1/s1. The Morgan fingerprint density at radius 2 is 1.95 bits per heavy atom. The van der Waals surface area contributed by atoms with Crippen molar-refractivity contribution < 1.29 is 4.74 Å². The lowest BCUT2D eigenvalue weighted by atomic mass is 10.0. The predicted molar refractivity (Wildman–Crippen MR) is 148 cm³/mol. The molecule has 2 saturated heterocycles. The van der Waals surface area contributed by atoms with Crippen LogP contribution in [0.3, 0.4) is 0 Å². The molecular weight excluding hydrogens is 502 g/mol. The molecule has 6 rings (SSSR count). The molecule has 4 heterocycles. The van der Waals surface area contributed by atoms with Gasteiger partial charge in [0.05, 0.1) is 12.6 Å². The lowest BCUT2D eigenvalue weighted by Crippen LogP contribution is -2.49. The molecule has 0 unspecified atom stereocenters. The summed E-state index contributed by atoms with van der Waals surface area (Å²) in [5.74, 6) is 0.672. The molecule has 0 radical (unpaired) electrons. The Hall–Kier alpha value is -3.27. The van der Waals surface area contributed by atoms with Gasteiger partial charge in [-0.3, -0.25) is 9.69 Å². The summed E-state index contributed by atoms with van der Waals surface area (Å²) in [5, 5.41) is 14.6. The number of benzene rings is 2. The maximum atomic E-state index is 13.5. The topological polar surface area (TPSA) is 92.2 Å². The molecule has 0 spiro atoms. The minimum absolute atomic E-state index is 0.0816. The normalized spacial score (nSPS) is 19.3. The fourth-order valence-electron chi connectivity index (χ4n) is 5.71. The number of rotatable bonds is 6. The van der Waals surface area contributed by atoms with E-state index in [4.69, 9.17) is 16.3 Å². The fraction of sp³-hybridized carbons (Fsp3) is 0.429. The number of halogens is 1. The lowest BCUT2D eigenvalue weighted by Gasteiger charge is -2.40. The largest absolute Gasteiger partial charge is 0.376 e. The van der Waals surface area contributed by atoms with Gasteiger partial charge in [0.2, 0.25) is 0 Å². The summed E-state index contributed by atoms with van der Waals surface area (Å²) in [7, 11) is 0. The number of H-pyrrole nitrogens is 1. The van der Waals surface area contributed by atoms with E-state index in [0.717, 1.165) is 72.8 Å². The third kappa shape index (κ3) is 4.93. The van der Waals surface area contributed by atoms with Crippen molar-refractivity contribution in [2.24, 2.45) is 0 Å². The van der Waals surface area contributed by atoms with E-state index >= 15 is 0 Å². The van der Waals surface area contributed by atoms with Gasteiger partial charge in [0, 0.05) is 54.6 Å². The second-order valence-electron chi connectivity index (χ2n) is 10.4. The van der Waals surface area contributed by atoms with Crippen LogP contribution in [-0.2, 0) is 11.3 Å². The molecule has 1 N–H and O–H groups in total. The molecule has 0 bridgehead atoms. The van der Waals surface area contributed by atoms with Crippen LogP contribution >= 0.6 is 11.6 Å². The first-order chi connectivity index (χ1) is 18.5. The molecule has 38 heavy (non-hydrogen) atoms. The molecule has 0 aliphatic carbocycles. The first-order valence-electron chi connectivity index (χ1n) is 13.2. The Morgan fingerprint density at radius 3 is 2.74 bits per heavy atom. The van der Waals surface area contributed by atoms with Gasteiger partial charge in [-0.15, -0.1) is 5.10 Å². The number of piperazine rings is 1. The van der Waals surface area contributed by atoms with Crippen LogP contribution in [0.2, 0.25) is 5.02 Å². The van der Waals surface area contributed by atoms with Crippen LogP contribution in [0.25, 0.3) is 10.9 Å². The van der Waals surface area contributed by atoms with Crippen LogP contribution in [-0.4, -0.2) is 69.0 Å². The van der Waals surface area contributed by atoms with Gasteiger partial charge in [0.1, 0.15) is 6.04 Å². The third-order valence-electron chi connectivity index (χ3n) is 7.72. The number of hydrogen-bond acceptors (Lipinski definition) is 7. The smallest absolute Gasteiger partial charge is 0.253 e. The molecule has 2 fully saturated rings. The molecular formula is C28H32ClN7O2. The van der Waals surface area contributed by atoms with Gasteiger partial charge < -0.3 is 14.6 Å². The first kappa shape index (κ1) is 25.0. The number of aryl methyl sites for hydroxylation is 2. The van der Waals surface area contributed by atoms with Gasteiger partial charge in [-0.2, -0.15) is 0 Å². The minimum atomic E-state index is -0.386. The van der Waals surface area contributed by atoms with Gasteiger partial charge in [-0.05, 0) is 78.4 Å². The first-order valence-corrected chi connectivity index (χ1v) is 13.6. The van der Waals surface area contributed by atoms with Crippen LogP contribution in [0.1, 0.15) is 41.4 Å². The maximum absolute atomic E-state index is 13.5. The molecule has 2 atom stereocenters. The number of fused-ring (bicyclic) bond motifs is 1. The van der Waals surface area contributed by atoms with E-state index in [1.807, 2.05) is 35.0 Å². The summed E-state index contributed by atoms with van der Waals surface area (Å²) in [5.41, 5.74) is 4.84. The molecule has 2 aromatic carbocycles. The van der Waals surface area contributed by atoms with E-state index in [1.54, 1.807) is 0 Å². The number of ether oxygens (including phenoxy) is 1. The third-order valence-corrected chi connectivity index (χ3v) is 7.95. The van der Waals surface area contributed by atoms with Crippen LogP contribution < -0.4 is 10.5 Å². The van der Waals surface area contributed by atoms with Crippen molar-refractivity contribution in [2.45, 2.75) is 45.4 Å². The number of nitrogens with zero attached hydrogens (tertiary/aromatic N) is 6. The quantitative estimate of drug-likeness (QED) is 0.402. The van der Waals surface area contributed by atoms with Crippen molar-refractivity contribution in [3.05, 3.63) is 80.4 Å². The summed E-state index contributed by atoms with van der Waals surface area (Å²) in [4.78, 5) is 21.3. The second kappa shape index (κ2) is 10.5. The number of anilines is 1. The second-order valence-corrected chi connectivity index (χ2v) is 10.8. The number of tetrazole rings is 1. The Morgan fingerprint density at radius 1 is 1.11 bits per heavy atom. The monoisotopic (exact) mass is 533 g/mol. The van der Waals surface area contributed by atoms with Gasteiger partial charge in [0.25, 0.3) is 5.56 Å². The Kier molecular flexibility index (Phi) is 6.90. The predicted octanol–water partition coefficient (Wildman–Crippen LogP) is 3.88. The fourth-order valence-corrected chi connectivity index (χ4v) is 5.87. The summed E-state index contributed by atoms with van der Waals surface area (Å²) in [6, 6.07) is 13.7. The number of hydrogen-bond donors (Lipinski definition) is 1. The van der Waals surface area contributed by atoms with Crippen molar-refractivity contribution in [3.8, 4) is 0 Å². The Labute approximate surface area is 226 Å². The van der Waals surface area contributed by atoms with E-state index in [9.17, 15) is 4.79 Å². The van der Waals surface area contributed by atoms with Crippen LogP contribution in [0, 0.1) is 13.8 Å². The summed E-state index contributed by atoms with van der Waals surface area (Å²) in [6.45, 7) is 8.59. The highest BCUT2D eigenvalue weighted by atomic mass is 35.5. The highest BCUT2D eigenvalue weighted by Crippen LogP contribution is 2.31. The molecule has 2 aromatic heterocycles. The molecule has 0 saturated carbocycles. The van der Waals surface area contributed by atoms with E-state index in [2.05, 4.69) is 56.3 Å². The average Bonchev–Trinajstić information content (AvgIpc) is 3.60. The van der Waals surface area contributed by atoms with E-state index < -0.39 is 0 Å². The SMILES string of the molecule is Cc1ccc2[nH]c(=O)c([C@H](c3nnnn3C[C@H]3CCCO3)N3CCN(c4cc(Cl)ccc4C)CC3)cc2c1. The van der Waals surface area contributed by atoms with Crippen LogP contribution in [0.15, 0.2) is 47.3 Å². The van der Waals surface area contributed by atoms with Crippen molar-refractivity contribution in [1.82, 2.24) is 30.1 Å². The van der Waals surface area contributed by atoms with E-state index in [-0.39, 0.29) is 17.7 Å². The maximum Gasteiger partial charge on any atom is 0.253 e. The van der Waals surface area contributed by atoms with E-state index in [0.29, 0.717) is 17.9 Å². The molecule has 4 aromatic rings. The Balaban J connectivity index is 1.37. The number of pyridine rings is 1. The van der Waals surface area contributed by atoms with Gasteiger partial charge >= 0.3 is 0 Å². The lowest BCUT2D eigenvalue weighted by molar-refractivity contribution is 0.0906. The van der Waals surface area contributed by atoms with E-state index in [1.165, 1.54) is 5.56 Å². The number of aromatic nitrogens is 5. The molecule has 9 nitrogen and oxygen atoms in total. The summed E-state index contributed by atoms with van der Waals surface area (Å²) >= 11 is 6.32. The number of nitrogens with one attached hydrogen (secondary N) is 1. The zero-order valence-electron chi connectivity index (χ0n) is 21.7. The highest BCUT2D eigenvalue weighted by molar-refractivity contribution is 6.30. The van der Waals surface area contributed by atoms with Crippen molar-refractivity contribution in [1.29, 1.82) is 0 Å². The Bertz CT molecular complexity index is 1500. The van der Waals surface area contributed by atoms with Crippen molar-refractivity contribution in [3.63, 3.8) is 0 Å². The zero-order valence-corrected chi connectivity index (χ0v) is 22.5. The highest BCUT2D eigenvalue weighted by Gasteiger charge is 2.33. The van der Waals surface area contributed by atoms with Crippen molar-refractivity contribution >= 4 is 28.2 Å². The van der Waals surface area contributed by atoms with Crippen LogP contribution in [0.5, 0.6) is 0 Å². The molecule has 0 amide bonds. The molecule has 198 valence electrons. The van der Waals surface area contributed by atoms with Gasteiger partial charge in [0.15, 0.2) is 5.82 Å². The minimum Gasteiger partial charge on any atom is -0.376 e. The molecule has 10 heteroatoms. The number of aromatic amines is 1.